The first-order valence-corrected chi connectivity index (χ1v) is 5.96. The number of amides is 2. The molecule has 0 radical (unpaired) electrons. The molecule has 7 heteroatoms. The Morgan fingerprint density at radius 1 is 1.42 bits per heavy atom. The Labute approximate surface area is 111 Å². The highest BCUT2D eigenvalue weighted by molar-refractivity contribution is 5.92. The van der Waals surface area contributed by atoms with Crippen molar-refractivity contribution in [3.8, 4) is 5.88 Å². The average molecular weight is 267 g/mol. The summed E-state index contributed by atoms with van der Waals surface area (Å²) in [4.78, 5) is 26.3. The third-order valence-electron chi connectivity index (χ3n) is 2.30. The van der Waals surface area contributed by atoms with Crippen molar-refractivity contribution in [3.05, 3.63) is 18.3 Å². The van der Waals surface area contributed by atoms with Gasteiger partial charge in [0.2, 0.25) is 5.88 Å². The molecule has 7 nitrogen and oxygen atoms in total. The van der Waals surface area contributed by atoms with Crippen molar-refractivity contribution in [2.24, 2.45) is 0 Å². The SMILES string of the molecule is CCOc1ccc(NC(=O)N[C@@H](CC)C(=O)O)cn1. The van der Waals surface area contributed by atoms with Crippen molar-refractivity contribution >= 4 is 17.7 Å². The molecule has 19 heavy (non-hydrogen) atoms. The van der Waals surface area contributed by atoms with E-state index in [2.05, 4.69) is 15.6 Å². The number of aliphatic carboxylic acids is 1. The molecule has 104 valence electrons. The highest BCUT2D eigenvalue weighted by Crippen LogP contribution is 2.11. The molecule has 0 aromatic carbocycles. The molecule has 1 rings (SSSR count). The molecule has 1 aromatic heterocycles. The summed E-state index contributed by atoms with van der Waals surface area (Å²) in [6, 6.07) is 1.75. The summed E-state index contributed by atoms with van der Waals surface area (Å²) in [5.41, 5.74) is 0.459. The summed E-state index contributed by atoms with van der Waals surface area (Å²) in [6.45, 7) is 4.03. The van der Waals surface area contributed by atoms with Gasteiger partial charge in [0, 0.05) is 6.07 Å². The Morgan fingerprint density at radius 2 is 2.16 bits per heavy atom. The topological polar surface area (TPSA) is 101 Å². The van der Waals surface area contributed by atoms with Crippen molar-refractivity contribution in [3.63, 3.8) is 0 Å². The van der Waals surface area contributed by atoms with Crippen LogP contribution in [0.4, 0.5) is 10.5 Å². The molecule has 1 atom stereocenters. The fourth-order valence-corrected chi connectivity index (χ4v) is 1.35. The van der Waals surface area contributed by atoms with E-state index in [-0.39, 0.29) is 0 Å². The van der Waals surface area contributed by atoms with Crippen LogP contribution in [0, 0.1) is 0 Å². The third-order valence-corrected chi connectivity index (χ3v) is 2.30. The molecule has 0 fully saturated rings. The van der Waals surface area contributed by atoms with Gasteiger partial charge in [-0.2, -0.15) is 0 Å². The Balaban J connectivity index is 2.54. The van der Waals surface area contributed by atoms with E-state index in [1.165, 1.54) is 6.20 Å². The lowest BCUT2D eigenvalue weighted by Gasteiger charge is -2.13. The maximum absolute atomic E-state index is 11.6. The maximum Gasteiger partial charge on any atom is 0.326 e. The highest BCUT2D eigenvalue weighted by atomic mass is 16.5. The summed E-state index contributed by atoms with van der Waals surface area (Å²) in [6.07, 6.45) is 1.75. The van der Waals surface area contributed by atoms with Crippen LogP contribution in [0.15, 0.2) is 18.3 Å². The number of anilines is 1. The van der Waals surface area contributed by atoms with E-state index in [0.717, 1.165) is 0 Å². The van der Waals surface area contributed by atoms with E-state index in [1.807, 2.05) is 6.92 Å². The van der Waals surface area contributed by atoms with Crippen molar-refractivity contribution < 1.29 is 19.4 Å². The third kappa shape index (κ3) is 4.82. The van der Waals surface area contributed by atoms with E-state index in [4.69, 9.17) is 9.84 Å². The van der Waals surface area contributed by atoms with Crippen LogP contribution in [0.25, 0.3) is 0 Å². The fourth-order valence-electron chi connectivity index (χ4n) is 1.35. The normalized spacial score (nSPS) is 11.5. The van der Waals surface area contributed by atoms with Gasteiger partial charge in [0.25, 0.3) is 0 Å². The van der Waals surface area contributed by atoms with E-state index in [1.54, 1.807) is 19.1 Å². The van der Waals surface area contributed by atoms with Crippen LogP contribution in [0.3, 0.4) is 0 Å². The second kappa shape index (κ2) is 7.20. The highest BCUT2D eigenvalue weighted by Gasteiger charge is 2.17. The summed E-state index contributed by atoms with van der Waals surface area (Å²) in [5, 5.41) is 13.7. The van der Waals surface area contributed by atoms with E-state index in [0.29, 0.717) is 24.6 Å². The van der Waals surface area contributed by atoms with Gasteiger partial charge in [0.15, 0.2) is 0 Å². The fraction of sp³-hybridized carbons (Fsp3) is 0.417. The number of carboxylic acid groups (broad SMARTS) is 1. The van der Waals surface area contributed by atoms with Gasteiger partial charge >= 0.3 is 12.0 Å². The molecule has 0 aliphatic carbocycles. The summed E-state index contributed by atoms with van der Waals surface area (Å²) in [7, 11) is 0. The monoisotopic (exact) mass is 267 g/mol. The van der Waals surface area contributed by atoms with Gasteiger partial charge in [-0.1, -0.05) is 6.92 Å². The van der Waals surface area contributed by atoms with Crippen LogP contribution in [-0.4, -0.2) is 34.7 Å². The van der Waals surface area contributed by atoms with Crippen molar-refractivity contribution in [2.75, 3.05) is 11.9 Å². The maximum atomic E-state index is 11.6. The lowest BCUT2D eigenvalue weighted by atomic mass is 10.2. The quantitative estimate of drug-likeness (QED) is 0.724. The number of nitrogens with zero attached hydrogens (tertiary/aromatic N) is 1. The van der Waals surface area contributed by atoms with Gasteiger partial charge in [-0.05, 0) is 19.4 Å². The summed E-state index contributed by atoms with van der Waals surface area (Å²) < 4.78 is 5.16. The molecule has 1 aromatic rings. The number of rotatable bonds is 6. The minimum atomic E-state index is -1.07. The zero-order chi connectivity index (χ0) is 14.3. The van der Waals surface area contributed by atoms with Crippen LogP contribution in [0.5, 0.6) is 5.88 Å². The van der Waals surface area contributed by atoms with E-state index in [9.17, 15) is 9.59 Å². The minimum Gasteiger partial charge on any atom is -0.480 e. The largest absolute Gasteiger partial charge is 0.480 e. The van der Waals surface area contributed by atoms with Gasteiger partial charge in [0.05, 0.1) is 18.5 Å². The molecule has 0 bridgehead atoms. The molecular formula is C12H17N3O4. The number of carboxylic acids is 1. The number of urea groups is 1. The van der Waals surface area contributed by atoms with Crippen LogP contribution in [-0.2, 0) is 4.79 Å². The van der Waals surface area contributed by atoms with Gasteiger partial charge in [0.1, 0.15) is 6.04 Å². The lowest BCUT2D eigenvalue weighted by molar-refractivity contribution is -0.139. The number of hydrogen-bond acceptors (Lipinski definition) is 4. The standard InChI is InChI=1S/C12H17N3O4/c1-3-9(11(16)17)15-12(18)14-8-5-6-10(13-7-8)19-4-2/h5-7,9H,3-4H2,1-2H3,(H,16,17)(H2,14,15,18)/t9-/m0/s1. The number of hydrogen-bond donors (Lipinski definition) is 3. The Morgan fingerprint density at radius 3 is 2.63 bits per heavy atom. The van der Waals surface area contributed by atoms with Crippen molar-refractivity contribution in [1.82, 2.24) is 10.3 Å². The molecule has 0 unspecified atom stereocenters. The lowest BCUT2D eigenvalue weighted by Crippen LogP contribution is -2.42. The molecule has 0 saturated carbocycles. The second-order valence-corrected chi connectivity index (χ2v) is 3.72. The first kappa shape index (κ1) is 14.7. The smallest absolute Gasteiger partial charge is 0.326 e. The average Bonchev–Trinajstić information content (AvgIpc) is 2.38. The second-order valence-electron chi connectivity index (χ2n) is 3.72. The molecule has 0 spiro atoms. The molecule has 0 aliphatic heterocycles. The first-order chi connectivity index (χ1) is 9.06. The molecule has 2 amide bonds. The first-order valence-electron chi connectivity index (χ1n) is 5.96. The van der Waals surface area contributed by atoms with Crippen LogP contribution in [0.1, 0.15) is 20.3 Å². The van der Waals surface area contributed by atoms with E-state index < -0.39 is 18.0 Å². The number of carbonyl (C=O) groups excluding carboxylic acids is 1. The number of carbonyl (C=O) groups is 2. The molecule has 0 aliphatic rings. The Bertz CT molecular complexity index is 433. The van der Waals surface area contributed by atoms with Gasteiger partial charge < -0.3 is 20.5 Å². The van der Waals surface area contributed by atoms with Crippen LogP contribution < -0.4 is 15.4 Å². The minimum absolute atomic E-state index is 0.310. The van der Waals surface area contributed by atoms with Crippen LogP contribution in [0.2, 0.25) is 0 Å². The summed E-state index contributed by atoms with van der Waals surface area (Å²) >= 11 is 0. The van der Waals surface area contributed by atoms with Crippen molar-refractivity contribution in [1.29, 1.82) is 0 Å². The Hall–Kier alpha value is -2.31. The van der Waals surface area contributed by atoms with E-state index >= 15 is 0 Å². The molecule has 1 heterocycles. The van der Waals surface area contributed by atoms with Gasteiger partial charge in [-0.15, -0.1) is 0 Å². The summed E-state index contributed by atoms with van der Waals surface area (Å²) in [5.74, 6) is -0.604. The number of pyridine rings is 1. The van der Waals surface area contributed by atoms with Gasteiger partial charge in [-0.3, -0.25) is 0 Å². The van der Waals surface area contributed by atoms with Crippen LogP contribution >= 0.6 is 0 Å². The molecule has 0 saturated heterocycles. The predicted molar refractivity (Wildman–Crippen MR) is 69.3 cm³/mol. The zero-order valence-corrected chi connectivity index (χ0v) is 10.8. The number of nitrogens with one attached hydrogen (secondary N) is 2. The Kier molecular flexibility index (Phi) is 5.59. The zero-order valence-electron chi connectivity index (χ0n) is 10.8. The van der Waals surface area contributed by atoms with Crippen molar-refractivity contribution in [2.45, 2.75) is 26.3 Å². The molecular weight excluding hydrogens is 250 g/mol. The predicted octanol–water partition coefficient (Wildman–Crippen LogP) is 1.47. The number of ether oxygens (including phenoxy) is 1. The van der Waals surface area contributed by atoms with Gasteiger partial charge in [-0.25, -0.2) is 14.6 Å². The number of aromatic nitrogens is 1. The molecule has 3 N–H and O–H groups in total.